The number of carbonyl (C=O) groups is 1. The number of aromatic nitrogens is 6. The maximum atomic E-state index is 12.8. The summed E-state index contributed by atoms with van der Waals surface area (Å²) in [5.41, 5.74) is 2.64. The summed E-state index contributed by atoms with van der Waals surface area (Å²) in [6.07, 6.45) is 7.46. The van der Waals surface area contributed by atoms with Crippen LogP contribution < -0.4 is 0 Å². The number of aryl methyl sites for hydroxylation is 1. The number of hydrogen-bond acceptors (Lipinski definition) is 5. The van der Waals surface area contributed by atoms with E-state index >= 15 is 0 Å². The summed E-state index contributed by atoms with van der Waals surface area (Å²) >= 11 is 0. The van der Waals surface area contributed by atoms with Gasteiger partial charge in [-0.05, 0) is 60.0 Å². The number of rotatable bonds is 3. The van der Waals surface area contributed by atoms with Crippen molar-refractivity contribution in [2.24, 2.45) is 0 Å². The van der Waals surface area contributed by atoms with Crippen molar-refractivity contribution in [3.8, 4) is 5.69 Å². The number of piperidine rings is 1. The van der Waals surface area contributed by atoms with Crippen molar-refractivity contribution < 1.29 is 4.79 Å². The molecule has 4 rings (SSSR count). The lowest BCUT2D eigenvalue weighted by atomic mass is 10.0. The van der Waals surface area contributed by atoms with E-state index in [-0.39, 0.29) is 11.9 Å². The third kappa shape index (κ3) is 3.15. The van der Waals surface area contributed by atoms with Gasteiger partial charge >= 0.3 is 0 Å². The molecule has 1 fully saturated rings. The monoisotopic (exact) mass is 337 g/mol. The standard InChI is InChI=1S/C17H19N7O/c1-13-9-19-23(10-13)16-3-2-8-22(11-16)17(25)14-4-6-15(7-5-14)24-12-18-20-21-24/h4-7,9-10,12,16H,2-3,8,11H2,1H3. The van der Waals surface area contributed by atoms with Gasteiger partial charge in [0.25, 0.3) is 5.91 Å². The highest BCUT2D eigenvalue weighted by Gasteiger charge is 2.25. The van der Waals surface area contributed by atoms with Gasteiger partial charge in [-0.1, -0.05) is 0 Å². The molecular formula is C17H19N7O. The lowest BCUT2D eigenvalue weighted by Crippen LogP contribution is -2.40. The van der Waals surface area contributed by atoms with E-state index in [1.165, 1.54) is 6.33 Å². The zero-order valence-corrected chi connectivity index (χ0v) is 14.0. The van der Waals surface area contributed by atoms with Crippen LogP contribution in [0.25, 0.3) is 5.69 Å². The number of carbonyl (C=O) groups excluding carboxylic acids is 1. The predicted molar refractivity (Wildman–Crippen MR) is 90.3 cm³/mol. The molecule has 1 atom stereocenters. The van der Waals surface area contributed by atoms with Crippen LogP contribution in [0, 0.1) is 6.92 Å². The molecular weight excluding hydrogens is 318 g/mol. The molecule has 1 aliphatic heterocycles. The Morgan fingerprint density at radius 2 is 2.08 bits per heavy atom. The Hall–Kier alpha value is -3.03. The fourth-order valence-electron chi connectivity index (χ4n) is 3.21. The van der Waals surface area contributed by atoms with Crippen molar-refractivity contribution in [3.05, 3.63) is 54.1 Å². The molecule has 1 unspecified atom stereocenters. The minimum Gasteiger partial charge on any atom is -0.337 e. The van der Waals surface area contributed by atoms with Gasteiger partial charge in [-0.15, -0.1) is 5.10 Å². The van der Waals surface area contributed by atoms with Crippen LogP contribution in [0.1, 0.15) is 34.8 Å². The first kappa shape index (κ1) is 15.5. The highest BCUT2D eigenvalue weighted by atomic mass is 16.2. The molecule has 0 bridgehead atoms. The maximum Gasteiger partial charge on any atom is 0.253 e. The number of likely N-dealkylation sites (tertiary alicyclic amines) is 1. The van der Waals surface area contributed by atoms with E-state index in [0.717, 1.165) is 30.6 Å². The Balaban J connectivity index is 1.48. The van der Waals surface area contributed by atoms with Crippen LogP contribution in [0.4, 0.5) is 0 Å². The van der Waals surface area contributed by atoms with Crippen molar-refractivity contribution in [1.29, 1.82) is 0 Å². The molecule has 0 N–H and O–H groups in total. The minimum atomic E-state index is 0.0526. The Kier molecular flexibility index (Phi) is 4.01. The number of amides is 1. The van der Waals surface area contributed by atoms with Crippen LogP contribution in [0.15, 0.2) is 43.0 Å². The van der Waals surface area contributed by atoms with Gasteiger partial charge in [-0.25, -0.2) is 4.68 Å². The molecule has 0 aliphatic carbocycles. The topological polar surface area (TPSA) is 81.7 Å². The fourth-order valence-corrected chi connectivity index (χ4v) is 3.21. The molecule has 1 amide bonds. The highest BCUT2D eigenvalue weighted by molar-refractivity contribution is 5.94. The highest BCUT2D eigenvalue weighted by Crippen LogP contribution is 2.23. The summed E-state index contributed by atoms with van der Waals surface area (Å²) in [6, 6.07) is 7.58. The van der Waals surface area contributed by atoms with Crippen molar-refractivity contribution in [3.63, 3.8) is 0 Å². The summed E-state index contributed by atoms with van der Waals surface area (Å²) in [7, 11) is 0. The third-order valence-electron chi connectivity index (χ3n) is 4.52. The van der Waals surface area contributed by atoms with Crippen molar-refractivity contribution >= 4 is 5.91 Å². The zero-order chi connectivity index (χ0) is 17.2. The van der Waals surface area contributed by atoms with Gasteiger partial charge in [0, 0.05) is 24.8 Å². The van der Waals surface area contributed by atoms with Crippen LogP contribution in [0.3, 0.4) is 0 Å². The maximum absolute atomic E-state index is 12.8. The predicted octanol–water partition coefficient (Wildman–Crippen LogP) is 1.64. The van der Waals surface area contributed by atoms with Gasteiger partial charge < -0.3 is 4.90 Å². The number of tetrazole rings is 1. The first-order valence-electron chi connectivity index (χ1n) is 8.34. The number of hydrogen-bond donors (Lipinski definition) is 0. The van der Waals surface area contributed by atoms with Crippen LogP contribution in [0.2, 0.25) is 0 Å². The fraction of sp³-hybridized carbons (Fsp3) is 0.353. The second kappa shape index (κ2) is 6.46. The SMILES string of the molecule is Cc1cnn(C2CCCN(C(=O)c3ccc(-n4cnnn4)cc3)C2)c1. The molecule has 8 nitrogen and oxygen atoms in total. The molecule has 3 heterocycles. The lowest BCUT2D eigenvalue weighted by Gasteiger charge is -2.33. The van der Waals surface area contributed by atoms with Crippen molar-refractivity contribution in [2.45, 2.75) is 25.8 Å². The zero-order valence-electron chi connectivity index (χ0n) is 14.0. The Morgan fingerprint density at radius 1 is 1.24 bits per heavy atom. The first-order chi connectivity index (χ1) is 12.2. The van der Waals surface area contributed by atoms with E-state index < -0.39 is 0 Å². The average molecular weight is 337 g/mol. The van der Waals surface area contributed by atoms with Gasteiger partial charge in [0.05, 0.1) is 17.9 Å². The largest absolute Gasteiger partial charge is 0.337 e. The van der Waals surface area contributed by atoms with Gasteiger partial charge in [0.15, 0.2) is 0 Å². The Morgan fingerprint density at radius 3 is 2.76 bits per heavy atom. The van der Waals surface area contributed by atoms with E-state index in [1.807, 2.05) is 53.2 Å². The van der Waals surface area contributed by atoms with Crippen LogP contribution in [-0.2, 0) is 0 Å². The molecule has 2 aromatic heterocycles. The second-order valence-corrected chi connectivity index (χ2v) is 6.35. The van der Waals surface area contributed by atoms with E-state index in [1.54, 1.807) is 4.68 Å². The van der Waals surface area contributed by atoms with Crippen molar-refractivity contribution in [2.75, 3.05) is 13.1 Å². The van der Waals surface area contributed by atoms with E-state index in [2.05, 4.69) is 20.6 Å². The molecule has 128 valence electrons. The summed E-state index contributed by atoms with van der Waals surface area (Å²) in [5.74, 6) is 0.0526. The van der Waals surface area contributed by atoms with Crippen LogP contribution >= 0.6 is 0 Å². The molecule has 1 aromatic carbocycles. The van der Waals surface area contributed by atoms with E-state index in [0.29, 0.717) is 12.1 Å². The summed E-state index contributed by atoms with van der Waals surface area (Å²) < 4.78 is 3.54. The smallest absolute Gasteiger partial charge is 0.253 e. The van der Waals surface area contributed by atoms with Gasteiger partial charge in [0.1, 0.15) is 6.33 Å². The van der Waals surface area contributed by atoms with Gasteiger partial charge in [-0.2, -0.15) is 5.10 Å². The summed E-state index contributed by atoms with van der Waals surface area (Å²) in [6.45, 7) is 3.50. The molecule has 3 aromatic rings. The van der Waals surface area contributed by atoms with E-state index in [9.17, 15) is 4.79 Å². The molecule has 25 heavy (non-hydrogen) atoms. The number of nitrogens with zero attached hydrogens (tertiary/aromatic N) is 7. The molecule has 1 saturated heterocycles. The van der Waals surface area contributed by atoms with E-state index in [4.69, 9.17) is 0 Å². The lowest BCUT2D eigenvalue weighted by molar-refractivity contribution is 0.0673. The molecule has 0 saturated carbocycles. The average Bonchev–Trinajstić information content (AvgIpc) is 3.33. The summed E-state index contributed by atoms with van der Waals surface area (Å²) in [4.78, 5) is 14.7. The summed E-state index contributed by atoms with van der Waals surface area (Å²) in [5, 5.41) is 15.5. The van der Waals surface area contributed by atoms with Crippen molar-refractivity contribution in [1.82, 2.24) is 34.9 Å². The van der Waals surface area contributed by atoms with Crippen LogP contribution in [0.5, 0.6) is 0 Å². The quantitative estimate of drug-likeness (QED) is 0.726. The molecule has 1 aliphatic rings. The minimum absolute atomic E-state index is 0.0526. The second-order valence-electron chi connectivity index (χ2n) is 6.35. The Bertz CT molecular complexity index is 854. The molecule has 0 spiro atoms. The molecule has 8 heteroatoms. The molecule has 0 radical (unpaired) electrons. The first-order valence-corrected chi connectivity index (χ1v) is 8.34. The normalized spacial score (nSPS) is 17.6. The Labute approximate surface area is 145 Å². The van der Waals surface area contributed by atoms with Crippen LogP contribution in [-0.4, -0.2) is 53.9 Å². The van der Waals surface area contributed by atoms with Gasteiger partial charge in [-0.3, -0.25) is 9.48 Å². The number of benzene rings is 1. The van der Waals surface area contributed by atoms with Gasteiger partial charge in [0.2, 0.25) is 0 Å². The third-order valence-corrected chi connectivity index (χ3v) is 4.52.